The molecule has 7 nitrogen and oxygen atoms in total. The van der Waals surface area contributed by atoms with Crippen LogP contribution in [0.4, 0.5) is 0 Å². The van der Waals surface area contributed by atoms with Gasteiger partial charge < -0.3 is 15.8 Å². The van der Waals surface area contributed by atoms with Gasteiger partial charge in [0.05, 0.1) is 13.3 Å². The molecule has 2 amide bonds. The minimum atomic E-state index is -0.806. The minimum absolute atomic E-state index is 0.326. The highest BCUT2D eigenvalue weighted by Gasteiger charge is 2.20. The average molecular weight is 364 g/mol. The van der Waals surface area contributed by atoms with Crippen molar-refractivity contribution in [2.24, 2.45) is 5.73 Å². The number of hydrogen-bond donors (Lipinski definition) is 3. The van der Waals surface area contributed by atoms with Crippen molar-refractivity contribution < 1.29 is 14.3 Å². The Balaban J connectivity index is 1.79. The maximum atomic E-state index is 12.6. The molecule has 2 aromatic carbocycles. The van der Waals surface area contributed by atoms with Crippen LogP contribution in [-0.2, 0) is 11.2 Å². The van der Waals surface area contributed by atoms with Gasteiger partial charge in [0, 0.05) is 29.3 Å². The maximum Gasteiger partial charge on any atom is 0.252 e. The van der Waals surface area contributed by atoms with E-state index in [1.807, 2.05) is 30.3 Å². The molecule has 0 radical (unpaired) electrons. The third kappa shape index (κ3) is 4.33. The van der Waals surface area contributed by atoms with Crippen LogP contribution in [0.5, 0.6) is 5.75 Å². The highest BCUT2D eigenvalue weighted by Crippen LogP contribution is 2.30. The number of aromatic nitrogens is 2. The monoisotopic (exact) mass is 364 g/mol. The zero-order chi connectivity index (χ0) is 19.2. The number of ether oxygens (including phenoxy) is 1. The Morgan fingerprint density at radius 3 is 2.63 bits per heavy atom. The van der Waals surface area contributed by atoms with Gasteiger partial charge in [0.1, 0.15) is 11.8 Å². The third-order valence-corrected chi connectivity index (χ3v) is 4.20. The van der Waals surface area contributed by atoms with Gasteiger partial charge in [-0.05, 0) is 23.8 Å². The Kier molecular flexibility index (Phi) is 5.51. The first-order valence-corrected chi connectivity index (χ1v) is 8.39. The van der Waals surface area contributed by atoms with Crippen LogP contribution in [0.15, 0.2) is 60.9 Å². The van der Waals surface area contributed by atoms with Crippen LogP contribution in [0.25, 0.3) is 11.1 Å². The van der Waals surface area contributed by atoms with Crippen LogP contribution in [-0.4, -0.2) is 35.2 Å². The molecule has 3 rings (SSSR count). The molecular weight excluding hydrogens is 344 g/mol. The fourth-order valence-electron chi connectivity index (χ4n) is 2.78. The molecule has 0 unspecified atom stereocenters. The SMILES string of the molecule is COc1cc(C(=O)N[C@@H](Cc2ccccc2)C(N)=O)ccc1-c1cn[nH]c1. The summed E-state index contributed by atoms with van der Waals surface area (Å²) >= 11 is 0. The van der Waals surface area contributed by atoms with Crippen molar-refractivity contribution in [3.05, 3.63) is 72.1 Å². The summed E-state index contributed by atoms with van der Waals surface area (Å²) in [5.41, 5.74) is 8.40. The number of nitrogens with one attached hydrogen (secondary N) is 2. The molecule has 1 heterocycles. The lowest BCUT2D eigenvalue weighted by Gasteiger charge is -2.16. The van der Waals surface area contributed by atoms with E-state index in [1.54, 1.807) is 30.6 Å². The Bertz CT molecular complexity index is 924. The molecule has 0 aliphatic carbocycles. The predicted octanol–water partition coefficient (Wildman–Crippen LogP) is 1.91. The van der Waals surface area contributed by atoms with Crippen molar-refractivity contribution in [3.8, 4) is 16.9 Å². The fourth-order valence-corrected chi connectivity index (χ4v) is 2.78. The predicted molar refractivity (Wildman–Crippen MR) is 101 cm³/mol. The highest BCUT2D eigenvalue weighted by atomic mass is 16.5. The number of aromatic amines is 1. The van der Waals surface area contributed by atoms with Gasteiger partial charge in [-0.25, -0.2) is 0 Å². The summed E-state index contributed by atoms with van der Waals surface area (Å²) in [4.78, 5) is 24.4. The number of carbonyl (C=O) groups excluding carboxylic acids is 2. The average Bonchev–Trinajstić information content (AvgIpc) is 3.22. The number of primary amides is 1. The molecule has 0 saturated carbocycles. The Morgan fingerprint density at radius 1 is 1.22 bits per heavy atom. The number of rotatable bonds is 7. The first kappa shape index (κ1) is 18.2. The largest absolute Gasteiger partial charge is 0.496 e. The van der Waals surface area contributed by atoms with E-state index in [-0.39, 0.29) is 0 Å². The molecule has 1 atom stereocenters. The zero-order valence-electron chi connectivity index (χ0n) is 14.8. The summed E-state index contributed by atoms with van der Waals surface area (Å²) in [6.45, 7) is 0. The maximum absolute atomic E-state index is 12.6. The molecule has 4 N–H and O–H groups in total. The lowest BCUT2D eigenvalue weighted by Crippen LogP contribution is -2.45. The van der Waals surface area contributed by atoms with Gasteiger partial charge in [0.2, 0.25) is 5.91 Å². The number of carbonyl (C=O) groups is 2. The molecule has 0 spiro atoms. The molecule has 0 aliphatic heterocycles. The van der Waals surface area contributed by atoms with Crippen LogP contribution in [0, 0.1) is 0 Å². The van der Waals surface area contributed by atoms with Gasteiger partial charge >= 0.3 is 0 Å². The topological polar surface area (TPSA) is 110 Å². The van der Waals surface area contributed by atoms with Gasteiger partial charge in [-0.2, -0.15) is 5.10 Å². The van der Waals surface area contributed by atoms with E-state index in [2.05, 4.69) is 15.5 Å². The van der Waals surface area contributed by atoms with E-state index in [0.29, 0.717) is 17.7 Å². The summed E-state index contributed by atoms with van der Waals surface area (Å²) in [5.74, 6) is -0.455. The molecule has 0 aliphatic rings. The lowest BCUT2D eigenvalue weighted by atomic mass is 10.0. The number of benzene rings is 2. The van der Waals surface area contributed by atoms with E-state index in [4.69, 9.17) is 10.5 Å². The second-order valence-electron chi connectivity index (χ2n) is 6.02. The van der Waals surface area contributed by atoms with Crippen LogP contribution in [0.2, 0.25) is 0 Å². The number of H-pyrrole nitrogens is 1. The summed E-state index contributed by atoms with van der Waals surface area (Å²) in [6, 6.07) is 13.6. The number of hydrogen-bond acceptors (Lipinski definition) is 4. The van der Waals surface area contributed by atoms with Crippen molar-refractivity contribution in [1.82, 2.24) is 15.5 Å². The van der Waals surface area contributed by atoms with Crippen LogP contribution in [0.3, 0.4) is 0 Å². The number of methoxy groups -OCH3 is 1. The summed E-state index contributed by atoms with van der Waals surface area (Å²) in [5, 5.41) is 9.36. The van der Waals surface area contributed by atoms with E-state index in [0.717, 1.165) is 16.7 Å². The molecule has 27 heavy (non-hydrogen) atoms. The molecule has 138 valence electrons. The molecule has 3 aromatic rings. The van der Waals surface area contributed by atoms with Gasteiger partial charge in [-0.15, -0.1) is 0 Å². The standard InChI is InChI=1S/C20H20N4O3/c1-27-18-10-14(7-8-16(18)15-11-22-23-12-15)20(26)24-17(19(21)25)9-13-5-3-2-4-6-13/h2-8,10-12,17H,9H2,1H3,(H2,21,25)(H,22,23)(H,24,26)/t17-/m0/s1. The van der Waals surface area contributed by atoms with Crippen molar-refractivity contribution in [2.45, 2.75) is 12.5 Å². The third-order valence-electron chi connectivity index (χ3n) is 4.20. The van der Waals surface area contributed by atoms with Crippen molar-refractivity contribution in [3.63, 3.8) is 0 Å². The smallest absolute Gasteiger partial charge is 0.252 e. The van der Waals surface area contributed by atoms with E-state index in [1.165, 1.54) is 7.11 Å². The fraction of sp³-hybridized carbons (Fsp3) is 0.150. The minimum Gasteiger partial charge on any atom is -0.496 e. The van der Waals surface area contributed by atoms with Crippen LogP contribution < -0.4 is 15.8 Å². The van der Waals surface area contributed by atoms with E-state index < -0.39 is 17.9 Å². The summed E-state index contributed by atoms with van der Waals surface area (Å²) in [6.07, 6.45) is 3.73. The van der Waals surface area contributed by atoms with Crippen molar-refractivity contribution >= 4 is 11.8 Å². The molecular formula is C20H20N4O3. The first-order valence-electron chi connectivity index (χ1n) is 8.39. The Morgan fingerprint density at radius 2 is 2.00 bits per heavy atom. The molecule has 7 heteroatoms. The molecule has 0 fully saturated rings. The number of nitrogens with two attached hydrogens (primary N) is 1. The molecule has 1 aromatic heterocycles. The van der Waals surface area contributed by atoms with E-state index >= 15 is 0 Å². The van der Waals surface area contributed by atoms with Gasteiger partial charge in [-0.1, -0.05) is 30.3 Å². The summed E-state index contributed by atoms with van der Waals surface area (Å²) in [7, 11) is 1.53. The first-order chi connectivity index (χ1) is 13.1. The van der Waals surface area contributed by atoms with Crippen molar-refractivity contribution in [2.75, 3.05) is 7.11 Å². The van der Waals surface area contributed by atoms with E-state index in [9.17, 15) is 9.59 Å². The molecule has 0 saturated heterocycles. The second-order valence-corrected chi connectivity index (χ2v) is 6.02. The quantitative estimate of drug-likeness (QED) is 0.595. The Hall–Kier alpha value is -3.61. The van der Waals surface area contributed by atoms with Crippen LogP contribution >= 0.6 is 0 Å². The highest BCUT2D eigenvalue weighted by molar-refractivity contribution is 5.98. The van der Waals surface area contributed by atoms with Gasteiger partial charge in [-0.3, -0.25) is 14.7 Å². The summed E-state index contributed by atoms with van der Waals surface area (Å²) < 4.78 is 5.39. The second kappa shape index (κ2) is 8.18. The molecule has 0 bridgehead atoms. The zero-order valence-corrected chi connectivity index (χ0v) is 14.8. The Labute approximate surface area is 156 Å². The lowest BCUT2D eigenvalue weighted by molar-refractivity contribution is -0.119. The number of amides is 2. The van der Waals surface area contributed by atoms with Crippen molar-refractivity contribution in [1.29, 1.82) is 0 Å². The number of nitrogens with zero attached hydrogens (tertiary/aromatic N) is 1. The van der Waals surface area contributed by atoms with Gasteiger partial charge in [0.15, 0.2) is 0 Å². The normalized spacial score (nSPS) is 11.6. The van der Waals surface area contributed by atoms with Crippen LogP contribution in [0.1, 0.15) is 15.9 Å². The van der Waals surface area contributed by atoms with Gasteiger partial charge in [0.25, 0.3) is 5.91 Å².